The Balaban J connectivity index is 1.56. The molecule has 2 saturated heterocycles. The molecular weight excluding hydrogens is 436 g/mol. The fraction of sp³-hybridized carbons (Fsp3) is 0.423. The lowest BCUT2D eigenvalue weighted by Crippen LogP contribution is -2.60. The summed E-state index contributed by atoms with van der Waals surface area (Å²) in [6, 6.07) is 18.7. The van der Waals surface area contributed by atoms with E-state index in [9.17, 15) is 14.4 Å². The van der Waals surface area contributed by atoms with Crippen molar-refractivity contribution in [1.29, 1.82) is 0 Å². The van der Waals surface area contributed by atoms with Crippen LogP contribution >= 0.6 is 0 Å². The van der Waals surface area contributed by atoms with Crippen LogP contribution in [0.2, 0.25) is 0 Å². The van der Waals surface area contributed by atoms with Crippen molar-refractivity contribution in [1.82, 2.24) is 10.2 Å². The zero-order valence-electron chi connectivity index (χ0n) is 19.7. The molecule has 2 bridgehead atoms. The molecule has 8 nitrogen and oxygen atoms in total. The summed E-state index contributed by atoms with van der Waals surface area (Å²) < 4.78 is 17.5. The van der Waals surface area contributed by atoms with E-state index >= 15 is 0 Å². The Hall–Kier alpha value is -3.23. The number of fused-ring (bicyclic) bond motifs is 2. The Bertz CT molecular complexity index is 1050. The molecule has 180 valence electrons. The number of benzene rings is 2. The fourth-order valence-corrected chi connectivity index (χ4v) is 4.56. The maximum atomic E-state index is 13.5. The second-order valence-corrected chi connectivity index (χ2v) is 8.81. The first-order chi connectivity index (χ1) is 16.3. The molecule has 0 aliphatic carbocycles. The van der Waals surface area contributed by atoms with Crippen molar-refractivity contribution in [3.05, 3.63) is 71.8 Å². The Morgan fingerprint density at radius 1 is 1.12 bits per heavy atom. The van der Waals surface area contributed by atoms with E-state index in [0.717, 1.165) is 11.1 Å². The third-order valence-electron chi connectivity index (χ3n) is 6.52. The molecule has 0 unspecified atom stereocenters. The molecule has 0 radical (unpaired) electrons. The highest BCUT2D eigenvalue weighted by molar-refractivity contribution is 6.10. The van der Waals surface area contributed by atoms with Crippen molar-refractivity contribution < 1.29 is 28.6 Å². The standard InChI is InChI=1S/C26H30N2O6/c1-4-32-21-16-25(2)28(3)23(30)26(21,34-25)24(31)33-20(15-18-11-7-5-8-12-18)22(29)27-17-19-13-9-6-10-14-19/h5-14,20-21H,4,15-17H2,1-3H3,(H,27,29)/t20-,21+,25+,26-/m0/s1. The van der Waals surface area contributed by atoms with Gasteiger partial charge in [0.15, 0.2) is 6.10 Å². The molecule has 2 amide bonds. The van der Waals surface area contributed by atoms with Crippen LogP contribution in [-0.2, 0) is 41.6 Å². The molecule has 2 aromatic carbocycles. The number of rotatable bonds is 9. The number of likely N-dealkylation sites (tertiary alicyclic amines) is 1. The molecule has 2 aliphatic rings. The highest BCUT2D eigenvalue weighted by Gasteiger charge is 2.74. The maximum absolute atomic E-state index is 13.5. The Morgan fingerprint density at radius 2 is 1.74 bits per heavy atom. The summed E-state index contributed by atoms with van der Waals surface area (Å²) in [6.07, 6.45) is -1.45. The summed E-state index contributed by atoms with van der Waals surface area (Å²) in [7, 11) is 1.59. The van der Waals surface area contributed by atoms with E-state index < -0.39 is 41.3 Å². The van der Waals surface area contributed by atoms with E-state index in [4.69, 9.17) is 14.2 Å². The van der Waals surface area contributed by atoms with E-state index in [1.807, 2.05) is 60.7 Å². The Morgan fingerprint density at radius 3 is 2.32 bits per heavy atom. The van der Waals surface area contributed by atoms with Gasteiger partial charge in [0.1, 0.15) is 11.8 Å². The first-order valence-electron chi connectivity index (χ1n) is 11.5. The van der Waals surface area contributed by atoms with Gasteiger partial charge in [-0.15, -0.1) is 0 Å². The average molecular weight is 467 g/mol. The molecule has 2 aromatic rings. The van der Waals surface area contributed by atoms with Gasteiger partial charge < -0.3 is 24.4 Å². The largest absolute Gasteiger partial charge is 0.449 e. The molecule has 1 N–H and O–H groups in total. The molecule has 4 rings (SSSR count). The van der Waals surface area contributed by atoms with Crippen molar-refractivity contribution in [2.45, 2.75) is 56.8 Å². The van der Waals surface area contributed by atoms with Crippen molar-refractivity contribution in [3.8, 4) is 0 Å². The number of piperidine rings is 1. The number of nitrogens with zero attached hydrogens (tertiary/aromatic N) is 1. The lowest BCUT2D eigenvalue weighted by Gasteiger charge is -2.34. The minimum absolute atomic E-state index is 0.157. The minimum Gasteiger partial charge on any atom is -0.449 e. The van der Waals surface area contributed by atoms with Crippen molar-refractivity contribution in [3.63, 3.8) is 0 Å². The zero-order valence-corrected chi connectivity index (χ0v) is 19.7. The van der Waals surface area contributed by atoms with Gasteiger partial charge in [-0.1, -0.05) is 60.7 Å². The second-order valence-electron chi connectivity index (χ2n) is 8.81. The van der Waals surface area contributed by atoms with Gasteiger partial charge >= 0.3 is 5.97 Å². The van der Waals surface area contributed by atoms with Gasteiger partial charge in [0.05, 0.1) is 0 Å². The number of ether oxygens (including phenoxy) is 3. The quantitative estimate of drug-likeness (QED) is 0.450. The maximum Gasteiger partial charge on any atom is 0.352 e. The van der Waals surface area contributed by atoms with Crippen LogP contribution in [-0.4, -0.2) is 59.9 Å². The van der Waals surface area contributed by atoms with E-state index in [2.05, 4.69) is 5.32 Å². The summed E-state index contributed by atoms with van der Waals surface area (Å²) in [5.74, 6) is -1.88. The lowest BCUT2D eigenvalue weighted by atomic mass is 9.89. The van der Waals surface area contributed by atoms with E-state index in [0.29, 0.717) is 13.0 Å². The molecule has 0 spiro atoms. The predicted molar refractivity (Wildman–Crippen MR) is 123 cm³/mol. The van der Waals surface area contributed by atoms with Gasteiger partial charge in [-0.25, -0.2) is 4.79 Å². The molecule has 0 saturated carbocycles. The van der Waals surface area contributed by atoms with Crippen LogP contribution in [0, 0.1) is 0 Å². The molecule has 2 aliphatic heterocycles. The van der Waals surface area contributed by atoms with Crippen LogP contribution in [0.1, 0.15) is 31.4 Å². The molecule has 34 heavy (non-hydrogen) atoms. The van der Waals surface area contributed by atoms with Crippen molar-refractivity contribution in [2.75, 3.05) is 13.7 Å². The Kier molecular flexibility index (Phi) is 6.72. The van der Waals surface area contributed by atoms with Crippen LogP contribution in [0.25, 0.3) is 0 Å². The number of amides is 2. The SMILES string of the molecule is CCO[C@@H]1C[C@@]2(C)O[C@]1(C(=O)O[C@@H](Cc1ccccc1)C(=O)NCc1ccccc1)C(=O)N2C. The van der Waals surface area contributed by atoms with Crippen LogP contribution < -0.4 is 5.32 Å². The number of esters is 1. The van der Waals surface area contributed by atoms with E-state index in [1.54, 1.807) is 20.9 Å². The molecular formula is C26H30N2O6. The summed E-state index contributed by atoms with van der Waals surface area (Å²) in [5, 5.41) is 2.84. The first-order valence-corrected chi connectivity index (χ1v) is 11.5. The summed E-state index contributed by atoms with van der Waals surface area (Å²) in [6.45, 7) is 4.12. The third-order valence-corrected chi connectivity index (χ3v) is 6.52. The number of nitrogens with one attached hydrogen (secondary N) is 1. The molecule has 4 atom stereocenters. The van der Waals surface area contributed by atoms with Gasteiger partial charge in [-0.05, 0) is 25.0 Å². The highest BCUT2D eigenvalue weighted by atomic mass is 16.6. The summed E-state index contributed by atoms with van der Waals surface area (Å²) in [5.41, 5.74) is -1.16. The number of hydrogen-bond acceptors (Lipinski definition) is 6. The van der Waals surface area contributed by atoms with Crippen LogP contribution in [0.5, 0.6) is 0 Å². The first kappa shape index (κ1) is 23.9. The van der Waals surface area contributed by atoms with Crippen LogP contribution in [0.4, 0.5) is 0 Å². The zero-order chi connectivity index (χ0) is 24.3. The minimum atomic E-state index is -1.92. The van der Waals surface area contributed by atoms with Crippen molar-refractivity contribution in [2.24, 2.45) is 0 Å². The normalized spacial score (nSPS) is 26.4. The highest BCUT2D eigenvalue weighted by Crippen LogP contribution is 2.49. The van der Waals surface area contributed by atoms with Gasteiger partial charge in [0, 0.05) is 33.0 Å². The average Bonchev–Trinajstić information content (AvgIpc) is 3.26. The van der Waals surface area contributed by atoms with E-state index in [-0.39, 0.29) is 13.0 Å². The molecule has 8 heteroatoms. The van der Waals surface area contributed by atoms with Crippen LogP contribution in [0.3, 0.4) is 0 Å². The number of likely N-dealkylation sites (N-methyl/N-ethyl adjacent to an activating group) is 1. The number of hydrogen-bond donors (Lipinski definition) is 1. The lowest BCUT2D eigenvalue weighted by molar-refractivity contribution is -0.187. The predicted octanol–water partition coefficient (Wildman–Crippen LogP) is 2.21. The van der Waals surface area contributed by atoms with E-state index in [1.165, 1.54) is 4.90 Å². The summed E-state index contributed by atoms with van der Waals surface area (Å²) in [4.78, 5) is 41.2. The van der Waals surface area contributed by atoms with Gasteiger partial charge in [-0.2, -0.15) is 0 Å². The molecule has 0 aromatic heterocycles. The van der Waals surface area contributed by atoms with Crippen molar-refractivity contribution >= 4 is 17.8 Å². The smallest absolute Gasteiger partial charge is 0.352 e. The van der Waals surface area contributed by atoms with Crippen LogP contribution in [0.15, 0.2) is 60.7 Å². The van der Waals surface area contributed by atoms with Gasteiger partial charge in [0.2, 0.25) is 0 Å². The van der Waals surface area contributed by atoms with Gasteiger partial charge in [-0.3, -0.25) is 9.59 Å². The second kappa shape index (κ2) is 9.56. The fourth-order valence-electron chi connectivity index (χ4n) is 4.56. The molecule has 2 heterocycles. The third kappa shape index (κ3) is 4.31. The summed E-state index contributed by atoms with van der Waals surface area (Å²) >= 11 is 0. The monoisotopic (exact) mass is 466 g/mol. The Labute approximate surface area is 199 Å². The van der Waals surface area contributed by atoms with Gasteiger partial charge in [0.25, 0.3) is 17.4 Å². The topological polar surface area (TPSA) is 94.2 Å². The molecule has 2 fully saturated rings. The number of carbonyl (C=O) groups excluding carboxylic acids is 3. The number of carbonyl (C=O) groups is 3.